The van der Waals surface area contributed by atoms with Crippen LogP contribution < -0.4 is 10.1 Å². The van der Waals surface area contributed by atoms with Gasteiger partial charge in [-0.3, -0.25) is 4.90 Å². The quantitative estimate of drug-likeness (QED) is 0.799. The van der Waals surface area contributed by atoms with Crippen molar-refractivity contribution in [3.05, 3.63) is 11.3 Å². The number of halogens is 3. The number of ether oxygens (including phenoxy) is 2. The van der Waals surface area contributed by atoms with Crippen molar-refractivity contribution in [1.29, 1.82) is 0 Å². The first-order chi connectivity index (χ1) is 11.8. The lowest BCUT2D eigenvalue weighted by Gasteiger charge is -2.33. The van der Waals surface area contributed by atoms with E-state index in [9.17, 15) is 13.2 Å². The van der Waals surface area contributed by atoms with Crippen molar-refractivity contribution < 1.29 is 22.6 Å². The second-order valence-corrected chi connectivity index (χ2v) is 6.75. The van der Waals surface area contributed by atoms with Gasteiger partial charge in [0.25, 0.3) is 0 Å². The van der Waals surface area contributed by atoms with Crippen molar-refractivity contribution in [2.45, 2.75) is 44.6 Å². The maximum absolute atomic E-state index is 12.4. The summed E-state index contributed by atoms with van der Waals surface area (Å²) in [5.74, 6) is 0.159. The summed E-state index contributed by atoms with van der Waals surface area (Å²) in [6.07, 6.45) is -1.72. The predicted octanol–water partition coefficient (Wildman–Crippen LogP) is 1.62. The third kappa shape index (κ3) is 5.08. The van der Waals surface area contributed by atoms with E-state index in [0.717, 1.165) is 19.7 Å². The number of nitrogens with one attached hydrogen (secondary N) is 1. The van der Waals surface area contributed by atoms with Gasteiger partial charge in [-0.25, -0.2) is 4.68 Å². The maximum Gasteiger partial charge on any atom is 0.422 e. The number of aryl methyl sites for hydroxylation is 2. The minimum Gasteiger partial charge on any atom is -0.468 e. The Balaban J connectivity index is 1.52. The first-order valence-corrected chi connectivity index (χ1v) is 8.62. The van der Waals surface area contributed by atoms with Crippen LogP contribution in [0.5, 0.6) is 5.88 Å². The van der Waals surface area contributed by atoms with Gasteiger partial charge in [-0.2, -0.15) is 18.3 Å². The van der Waals surface area contributed by atoms with Gasteiger partial charge in [0, 0.05) is 39.3 Å². The molecule has 0 amide bonds. The van der Waals surface area contributed by atoms with Crippen molar-refractivity contribution in [3.63, 3.8) is 0 Å². The highest BCUT2D eigenvalue weighted by atomic mass is 19.4. The highest BCUT2D eigenvalue weighted by Crippen LogP contribution is 2.28. The largest absolute Gasteiger partial charge is 0.468 e. The molecule has 0 aromatic carbocycles. The van der Waals surface area contributed by atoms with Gasteiger partial charge in [0.15, 0.2) is 6.61 Å². The van der Waals surface area contributed by atoms with Crippen molar-refractivity contribution in [3.8, 4) is 5.88 Å². The lowest BCUT2D eigenvalue weighted by atomic mass is 10.2. The van der Waals surface area contributed by atoms with Crippen molar-refractivity contribution in [2.24, 2.45) is 7.05 Å². The van der Waals surface area contributed by atoms with Crippen molar-refractivity contribution in [1.82, 2.24) is 20.0 Å². The van der Waals surface area contributed by atoms with Gasteiger partial charge in [-0.05, 0) is 19.8 Å². The van der Waals surface area contributed by atoms with Gasteiger partial charge in [0.1, 0.15) is 0 Å². The Labute approximate surface area is 145 Å². The number of hydrogen-bond acceptors (Lipinski definition) is 5. The van der Waals surface area contributed by atoms with Crippen LogP contribution in [0.3, 0.4) is 0 Å². The minimum absolute atomic E-state index is 0.103. The molecule has 2 heterocycles. The van der Waals surface area contributed by atoms with Crippen molar-refractivity contribution in [2.75, 3.05) is 32.8 Å². The fraction of sp³-hybridized carbons (Fsp3) is 0.812. The molecule has 3 rings (SSSR count). The first kappa shape index (κ1) is 18.5. The average Bonchev–Trinajstić information content (AvgIpc) is 3.33. The van der Waals surface area contributed by atoms with Crippen LogP contribution in [0.15, 0.2) is 0 Å². The Bertz CT molecular complexity index is 587. The van der Waals surface area contributed by atoms with Crippen LogP contribution in [0, 0.1) is 6.92 Å². The number of alkyl halides is 3. The molecular formula is C16H25F3N4O2. The first-order valence-electron chi connectivity index (χ1n) is 8.62. The summed E-state index contributed by atoms with van der Waals surface area (Å²) in [6, 6.07) is 0.717. The molecule has 1 saturated carbocycles. The second-order valence-electron chi connectivity index (χ2n) is 6.75. The molecule has 0 radical (unpaired) electrons. The number of morpholine rings is 1. The Hall–Kier alpha value is -1.32. The van der Waals surface area contributed by atoms with Crippen LogP contribution in [-0.2, 0) is 18.3 Å². The van der Waals surface area contributed by atoms with Gasteiger partial charge in [-0.15, -0.1) is 0 Å². The molecule has 1 aliphatic heterocycles. The monoisotopic (exact) mass is 362 g/mol. The molecule has 0 unspecified atom stereocenters. The fourth-order valence-electron chi connectivity index (χ4n) is 3.21. The molecule has 142 valence electrons. The Kier molecular flexibility index (Phi) is 5.55. The number of rotatable bonds is 7. The number of nitrogens with zero attached hydrogens (tertiary/aromatic N) is 3. The predicted molar refractivity (Wildman–Crippen MR) is 85.5 cm³/mol. The number of hydrogen-bond donors (Lipinski definition) is 1. The fourth-order valence-corrected chi connectivity index (χ4v) is 3.21. The van der Waals surface area contributed by atoms with Crippen LogP contribution in [0.25, 0.3) is 0 Å². The Morgan fingerprint density at radius 3 is 2.80 bits per heavy atom. The van der Waals surface area contributed by atoms with E-state index in [0.29, 0.717) is 30.4 Å². The highest BCUT2D eigenvalue weighted by Gasteiger charge is 2.33. The third-order valence-electron chi connectivity index (χ3n) is 4.57. The average molecular weight is 362 g/mol. The van der Waals surface area contributed by atoms with Gasteiger partial charge >= 0.3 is 6.18 Å². The lowest BCUT2D eigenvalue weighted by Crippen LogP contribution is -2.47. The summed E-state index contributed by atoms with van der Waals surface area (Å²) in [6.45, 7) is 4.12. The van der Waals surface area contributed by atoms with Gasteiger partial charge < -0.3 is 14.8 Å². The van der Waals surface area contributed by atoms with Crippen LogP contribution in [0.4, 0.5) is 13.2 Å². The summed E-state index contributed by atoms with van der Waals surface area (Å²) in [7, 11) is 1.58. The molecule has 1 atom stereocenters. The molecule has 0 spiro atoms. The Morgan fingerprint density at radius 1 is 1.36 bits per heavy atom. The van der Waals surface area contributed by atoms with Gasteiger partial charge in [0.2, 0.25) is 5.88 Å². The van der Waals surface area contributed by atoms with Gasteiger partial charge in [-0.1, -0.05) is 0 Å². The molecule has 1 saturated heterocycles. The van der Waals surface area contributed by atoms with E-state index < -0.39 is 12.8 Å². The molecule has 2 fully saturated rings. The van der Waals surface area contributed by atoms with E-state index in [2.05, 4.69) is 15.3 Å². The molecule has 9 heteroatoms. The third-order valence-corrected chi connectivity index (χ3v) is 4.57. The van der Waals surface area contributed by atoms with E-state index in [1.165, 1.54) is 17.5 Å². The summed E-state index contributed by atoms with van der Waals surface area (Å²) in [5, 5.41) is 7.44. The molecule has 1 aliphatic carbocycles. The van der Waals surface area contributed by atoms with Crippen molar-refractivity contribution >= 4 is 0 Å². The van der Waals surface area contributed by atoms with E-state index in [-0.39, 0.29) is 12.0 Å². The van der Waals surface area contributed by atoms with Crippen LogP contribution in [-0.4, -0.2) is 65.9 Å². The normalized spacial score (nSPS) is 22.4. The van der Waals surface area contributed by atoms with Crippen LogP contribution >= 0.6 is 0 Å². The molecule has 6 nitrogen and oxygen atoms in total. The molecule has 0 bridgehead atoms. The zero-order valence-electron chi connectivity index (χ0n) is 14.6. The molecule has 2 aliphatic rings. The molecule has 25 heavy (non-hydrogen) atoms. The van der Waals surface area contributed by atoms with E-state index in [1.54, 1.807) is 14.0 Å². The standard InChI is InChI=1S/C16H25F3N4O2/c1-11-14(15(22(2)21-11)25-10-16(17,18)19)8-20-7-13-9-23(5-6-24-13)12-3-4-12/h12-13,20H,3-10H2,1-2H3/t13-/m0/s1. The molecule has 1 aromatic heterocycles. The zero-order chi connectivity index (χ0) is 18.0. The SMILES string of the molecule is Cc1nn(C)c(OCC(F)(F)F)c1CNC[C@H]1CN(C2CC2)CCO1. The molecule has 1 aromatic rings. The summed E-state index contributed by atoms with van der Waals surface area (Å²) in [4.78, 5) is 2.46. The lowest BCUT2D eigenvalue weighted by molar-refractivity contribution is -0.154. The van der Waals surface area contributed by atoms with Crippen LogP contribution in [0.2, 0.25) is 0 Å². The topological polar surface area (TPSA) is 51.5 Å². The van der Waals surface area contributed by atoms with E-state index in [1.807, 2.05) is 0 Å². The highest BCUT2D eigenvalue weighted by molar-refractivity contribution is 5.30. The van der Waals surface area contributed by atoms with E-state index in [4.69, 9.17) is 9.47 Å². The van der Waals surface area contributed by atoms with E-state index >= 15 is 0 Å². The summed E-state index contributed by atoms with van der Waals surface area (Å²) in [5.41, 5.74) is 1.32. The zero-order valence-corrected chi connectivity index (χ0v) is 14.6. The molecule has 1 N–H and O–H groups in total. The summed E-state index contributed by atoms with van der Waals surface area (Å²) < 4.78 is 49.3. The molecular weight excluding hydrogens is 337 g/mol. The maximum atomic E-state index is 12.4. The van der Waals surface area contributed by atoms with Crippen LogP contribution in [0.1, 0.15) is 24.1 Å². The Morgan fingerprint density at radius 2 is 2.12 bits per heavy atom. The summed E-state index contributed by atoms with van der Waals surface area (Å²) >= 11 is 0. The minimum atomic E-state index is -4.37. The number of aromatic nitrogens is 2. The van der Waals surface area contributed by atoms with Gasteiger partial charge in [0.05, 0.1) is 24.0 Å². The smallest absolute Gasteiger partial charge is 0.422 e. The second kappa shape index (κ2) is 7.51.